The van der Waals surface area contributed by atoms with E-state index < -0.39 is 0 Å². The minimum absolute atomic E-state index is 0.160. The van der Waals surface area contributed by atoms with E-state index in [9.17, 15) is 0 Å². The Balaban J connectivity index is 1.53. The maximum atomic E-state index is 5.93. The Labute approximate surface area is 163 Å². The van der Waals surface area contributed by atoms with Gasteiger partial charge >= 0.3 is 0 Å². The molecular formula is C19H24N8O. The lowest BCUT2D eigenvalue weighted by atomic mass is 10.1. The summed E-state index contributed by atoms with van der Waals surface area (Å²) in [5.74, 6) is 1.92. The molecule has 0 amide bonds. The smallest absolute Gasteiger partial charge is 0.241 e. The minimum Gasteiger partial charge on any atom is -0.372 e. The fraction of sp³-hybridized carbons (Fsp3) is 0.368. The van der Waals surface area contributed by atoms with Gasteiger partial charge in [0.25, 0.3) is 0 Å². The molecule has 1 aliphatic rings. The maximum absolute atomic E-state index is 5.93. The van der Waals surface area contributed by atoms with Crippen molar-refractivity contribution in [1.29, 1.82) is 0 Å². The van der Waals surface area contributed by atoms with Crippen LogP contribution in [0.25, 0.3) is 5.95 Å². The average Bonchev–Trinajstić information content (AvgIpc) is 3.13. The minimum atomic E-state index is 0.160. The van der Waals surface area contributed by atoms with Crippen LogP contribution in [0.3, 0.4) is 0 Å². The predicted molar refractivity (Wildman–Crippen MR) is 108 cm³/mol. The van der Waals surface area contributed by atoms with E-state index in [0.29, 0.717) is 11.9 Å². The van der Waals surface area contributed by atoms with Crippen molar-refractivity contribution in [3.05, 3.63) is 42.9 Å². The van der Waals surface area contributed by atoms with E-state index in [1.54, 1.807) is 10.9 Å². The van der Waals surface area contributed by atoms with Gasteiger partial charge in [0.15, 0.2) is 0 Å². The van der Waals surface area contributed by atoms with Crippen molar-refractivity contribution >= 4 is 23.4 Å². The number of hydrogen-bond donors (Lipinski definition) is 1. The Morgan fingerprint density at radius 1 is 1.14 bits per heavy atom. The van der Waals surface area contributed by atoms with Crippen LogP contribution in [-0.2, 0) is 4.74 Å². The van der Waals surface area contributed by atoms with E-state index in [4.69, 9.17) is 10.5 Å². The molecule has 0 bridgehead atoms. The molecule has 0 atom stereocenters. The van der Waals surface area contributed by atoms with Crippen LogP contribution < -0.4 is 15.5 Å². The van der Waals surface area contributed by atoms with Gasteiger partial charge in [0.05, 0.1) is 18.4 Å². The molecular weight excluding hydrogens is 356 g/mol. The zero-order valence-electron chi connectivity index (χ0n) is 16.2. The number of para-hydroxylation sites is 1. The highest BCUT2D eigenvalue weighted by Gasteiger charge is 2.29. The van der Waals surface area contributed by atoms with Crippen molar-refractivity contribution in [3.8, 4) is 5.95 Å². The highest BCUT2D eigenvalue weighted by Crippen LogP contribution is 2.24. The molecule has 1 aromatic carbocycles. The number of nitrogens with zero attached hydrogens (tertiary/aromatic N) is 7. The van der Waals surface area contributed by atoms with E-state index >= 15 is 0 Å². The van der Waals surface area contributed by atoms with Gasteiger partial charge in [-0.15, -0.1) is 0 Å². The van der Waals surface area contributed by atoms with Gasteiger partial charge < -0.3 is 20.3 Å². The number of aromatic nitrogens is 5. The summed E-state index contributed by atoms with van der Waals surface area (Å²) in [7, 11) is 1.89. The van der Waals surface area contributed by atoms with Crippen molar-refractivity contribution in [2.45, 2.75) is 26.1 Å². The van der Waals surface area contributed by atoms with Crippen molar-refractivity contribution < 1.29 is 4.74 Å². The number of hydrogen-bond acceptors (Lipinski definition) is 8. The molecule has 1 aliphatic heterocycles. The number of nitrogens with two attached hydrogens (primary N) is 1. The molecule has 0 radical (unpaired) electrons. The Hall–Kier alpha value is -3.20. The first-order valence-electron chi connectivity index (χ1n) is 9.24. The molecule has 9 nitrogen and oxygen atoms in total. The van der Waals surface area contributed by atoms with Crippen LogP contribution in [0.1, 0.15) is 13.8 Å². The quantitative estimate of drug-likeness (QED) is 0.694. The lowest BCUT2D eigenvalue weighted by molar-refractivity contribution is -0.00743. The molecule has 0 aliphatic carbocycles. The molecule has 1 saturated heterocycles. The summed E-state index contributed by atoms with van der Waals surface area (Å²) < 4.78 is 7.55. The third kappa shape index (κ3) is 3.74. The topological polar surface area (TPSA) is 98.2 Å². The van der Waals surface area contributed by atoms with Crippen LogP contribution in [0.5, 0.6) is 0 Å². The second-order valence-electron chi connectivity index (χ2n) is 7.04. The molecule has 0 saturated carbocycles. The van der Waals surface area contributed by atoms with Crippen LogP contribution in [0.15, 0.2) is 42.9 Å². The number of anilines is 4. The van der Waals surface area contributed by atoms with Gasteiger partial charge in [0.1, 0.15) is 12.1 Å². The zero-order chi connectivity index (χ0) is 19.7. The van der Waals surface area contributed by atoms with Gasteiger partial charge in [-0.3, -0.25) is 4.57 Å². The van der Waals surface area contributed by atoms with E-state index in [0.717, 1.165) is 24.6 Å². The molecule has 3 aromatic rings. The number of ether oxygens (including phenoxy) is 1. The first-order chi connectivity index (χ1) is 13.5. The fourth-order valence-corrected chi connectivity index (χ4v) is 3.08. The number of nitrogen functional groups attached to an aromatic ring is 1. The first-order valence-corrected chi connectivity index (χ1v) is 9.24. The van der Waals surface area contributed by atoms with Crippen LogP contribution in [-0.4, -0.2) is 56.8 Å². The normalized spacial score (nSPS) is 14.4. The van der Waals surface area contributed by atoms with Crippen molar-refractivity contribution in [1.82, 2.24) is 24.5 Å². The molecule has 2 aromatic heterocycles. The SMILES string of the molecule is CC(C)OC1CN(c2cn(-c3nc(N)nc(N(C)c4ccccc4)n3)cn2)C1. The molecule has 4 rings (SSSR count). The third-order valence-electron chi connectivity index (χ3n) is 4.51. The lowest BCUT2D eigenvalue weighted by Crippen LogP contribution is -2.53. The summed E-state index contributed by atoms with van der Waals surface area (Å²) in [6, 6.07) is 9.85. The first kappa shape index (κ1) is 18.2. The molecule has 2 N–H and O–H groups in total. The highest BCUT2D eigenvalue weighted by molar-refractivity contribution is 5.57. The molecule has 0 spiro atoms. The summed E-state index contributed by atoms with van der Waals surface area (Å²) in [5.41, 5.74) is 6.89. The largest absolute Gasteiger partial charge is 0.372 e. The monoisotopic (exact) mass is 380 g/mol. The van der Waals surface area contributed by atoms with Crippen LogP contribution in [0.4, 0.5) is 23.4 Å². The maximum Gasteiger partial charge on any atom is 0.241 e. The summed E-state index contributed by atoms with van der Waals surface area (Å²) >= 11 is 0. The van der Waals surface area contributed by atoms with E-state index in [1.165, 1.54) is 0 Å². The zero-order valence-corrected chi connectivity index (χ0v) is 16.2. The Morgan fingerprint density at radius 3 is 2.61 bits per heavy atom. The van der Waals surface area contributed by atoms with Crippen molar-refractivity contribution in [2.24, 2.45) is 0 Å². The standard InChI is InChI=1S/C19H24N8O/c1-13(2)28-15-9-26(10-15)16-11-27(12-21-16)19-23-17(20)22-18(24-19)25(3)14-7-5-4-6-8-14/h4-8,11-13,15H,9-10H2,1-3H3,(H2,20,22,23,24). The van der Waals surface area contributed by atoms with Gasteiger partial charge in [-0.05, 0) is 26.0 Å². The second kappa shape index (κ2) is 7.43. The number of rotatable bonds is 6. The average molecular weight is 380 g/mol. The molecule has 1 fully saturated rings. The molecule has 146 valence electrons. The van der Waals surface area contributed by atoms with Gasteiger partial charge in [0, 0.05) is 25.8 Å². The number of benzene rings is 1. The summed E-state index contributed by atoms with van der Waals surface area (Å²) in [6.07, 6.45) is 4.07. The Bertz CT molecular complexity index is 936. The summed E-state index contributed by atoms with van der Waals surface area (Å²) in [5, 5.41) is 0. The van der Waals surface area contributed by atoms with Crippen molar-refractivity contribution in [2.75, 3.05) is 35.7 Å². The van der Waals surface area contributed by atoms with Gasteiger partial charge in [0.2, 0.25) is 17.8 Å². The molecule has 0 unspecified atom stereocenters. The number of imidazole rings is 1. The fourth-order valence-electron chi connectivity index (χ4n) is 3.08. The predicted octanol–water partition coefficient (Wildman–Crippen LogP) is 2.02. The van der Waals surface area contributed by atoms with E-state index in [2.05, 4.69) is 24.8 Å². The highest BCUT2D eigenvalue weighted by atomic mass is 16.5. The molecule has 28 heavy (non-hydrogen) atoms. The van der Waals surface area contributed by atoms with Gasteiger partial charge in [-0.2, -0.15) is 15.0 Å². The van der Waals surface area contributed by atoms with Crippen LogP contribution in [0.2, 0.25) is 0 Å². The Morgan fingerprint density at radius 2 is 1.89 bits per heavy atom. The second-order valence-corrected chi connectivity index (χ2v) is 7.04. The van der Waals surface area contributed by atoms with E-state index in [-0.39, 0.29) is 18.2 Å². The molecule has 9 heteroatoms. The Kier molecular flexibility index (Phi) is 4.82. The van der Waals surface area contributed by atoms with Crippen LogP contribution >= 0.6 is 0 Å². The summed E-state index contributed by atoms with van der Waals surface area (Å²) in [6.45, 7) is 5.76. The van der Waals surface area contributed by atoms with Gasteiger partial charge in [-0.1, -0.05) is 18.2 Å². The third-order valence-corrected chi connectivity index (χ3v) is 4.51. The van der Waals surface area contributed by atoms with Crippen molar-refractivity contribution in [3.63, 3.8) is 0 Å². The summed E-state index contributed by atoms with van der Waals surface area (Å²) in [4.78, 5) is 21.6. The van der Waals surface area contributed by atoms with E-state index in [1.807, 2.05) is 62.3 Å². The van der Waals surface area contributed by atoms with Crippen LogP contribution in [0, 0.1) is 0 Å². The van der Waals surface area contributed by atoms with Gasteiger partial charge in [-0.25, -0.2) is 4.98 Å². The lowest BCUT2D eigenvalue weighted by Gasteiger charge is -2.39. The molecule has 3 heterocycles.